The van der Waals surface area contributed by atoms with E-state index in [1.165, 1.54) is 0 Å². The summed E-state index contributed by atoms with van der Waals surface area (Å²) in [6.45, 7) is 1.35. The number of nitrogens with one attached hydrogen (secondary N) is 2. The van der Waals surface area contributed by atoms with Crippen molar-refractivity contribution in [3.63, 3.8) is 0 Å². The summed E-state index contributed by atoms with van der Waals surface area (Å²) in [6.07, 6.45) is 0. The number of fused-ring (bicyclic) bond motifs is 1. The Balaban J connectivity index is 1.65. The topological polar surface area (TPSA) is 59.6 Å². The normalized spacial score (nSPS) is 12.6. The molecule has 23 heavy (non-hydrogen) atoms. The molecule has 3 rings (SSSR count). The summed E-state index contributed by atoms with van der Waals surface area (Å²) in [7, 11) is 0. The molecule has 0 saturated carbocycles. The molecule has 2 amide bonds. The van der Waals surface area contributed by atoms with E-state index in [1.807, 2.05) is 18.2 Å². The Kier molecular flexibility index (Phi) is 4.93. The van der Waals surface area contributed by atoms with Crippen molar-refractivity contribution in [2.75, 3.05) is 18.5 Å². The summed E-state index contributed by atoms with van der Waals surface area (Å²) >= 11 is 9.48. The minimum atomic E-state index is -0.331. The molecule has 0 spiro atoms. The van der Waals surface area contributed by atoms with Crippen molar-refractivity contribution in [2.45, 2.75) is 6.54 Å². The Morgan fingerprint density at radius 1 is 1.17 bits per heavy atom. The molecule has 0 aliphatic carbocycles. The highest BCUT2D eigenvalue weighted by Crippen LogP contribution is 2.38. The average molecular weight is 398 g/mol. The number of amides is 2. The van der Waals surface area contributed by atoms with Crippen molar-refractivity contribution in [3.8, 4) is 11.5 Å². The highest BCUT2D eigenvalue weighted by Gasteiger charge is 2.16. The largest absolute Gasteiger partial charge is 0.486 e. The maximum Gasteiger partial charge on any atom is 0.319 e. The molecule has 0 bridgehead atoms. The molecule has 0 fully saturated rings. The summed E-state index contributed by atoms with van der Waals surface area (Å²) in [4.78, 5) is 12.1. The van der Waals surface area contributed by atoms with Gasteiger partial charge in [0.1, 0.15) is 13.2 Å². The lowest BCUT2D eigenvalue weighted by atomic mass is 10.2. The molecular weight excluding hydrogens is 384 g/mol. The fourth-order valence-electron chi connectivity index (χ4n) is 2.14. The second-order valence-electron chi connectivity index (χ2n) is 4.87. The van der Waals surface area contributed by atoms with E-state index in [1.54, 1.807) is 18.2 Å². The molecule has 2 aromatic rings. The lowest BCUT2D eigenvalue weighted by Crippen LogP contribution is -2.28. The van der Waals surface area contributed by atoms with Crippen LogP contribution in [-0.2, 0) is 6.54 Å². The molecule has 0 atom stereocenters. The molecule has 7 heteroatoms. The molecule has 1 aliphatic rings. The Morgan fingerprint density at radius 2 is 1.87 bits per heavy atom. The molecular formula is C16H14BrClN2O3. The van der Waals surface area contributed by atoms with Crippen LogP contribution in [0.4, 0.5) is 10.5 Å². The third kappa shape index (κ3) is 3.89. The summed E-state index contributed by atoms with van der Waals surface area (Å²) in [5.74, 6) is 1.27. The van der Waals surface area contributed by atoms with Crippen LogP contribution in [0.15, 0.2) is 40.9 Å². The summed E-state index contributed by atoms with van der Waals surface area (Å²) in [5, 5.41) is 6.16. The lowest BCUT2D eigenvalue weighted by molar-refractivity contribution is 0.171. The second kappa shape index (κ2) is 7.10. The minimum absolute atomic E-state index is 0.331. The summed E-state index contributed by atoms with van der Waals surface area (Å²) in [5.41, 5.74) is 1.46. The van der Waals surface area contributed by atoms with Gasteiger partial charge in [0, 0.05) is 28.2 Å². The maximum absolute atomic E-state index is 12.1. The van der Waals surface area contributed by atoms with Crippen LogP contribution >= 0.6 is 27.5 Å². The number of carbonyl (C=O) groups excluding carboxylic acids is 1. The van der Waals surface area contributed by atoms with Gasteiger partial charge in [-0.05, 0) is 27.6 Å². The monoisotopic (exact) mass is 396 g/mol. The third-order valence-corrected chi connectivity index (χ3v) is 4.30. The Hall–Kier alpha value is -1.92. The highest BCUT2D eigenvalue weighted by molar-refractivity contribution is 9.10. The first-order chi connectivity index (χ1) is 11.1. The summed E-state index contributed by atoms with van der Waals surface area (Å²) in [6, 6.07) is 10.5. The fourth-order valence-corrected chi connectivity index (χ4v) is 2.77. The number of anilines is 1. The average Bonchev–Trinajstić information content (AvgIpc) is 2.55. The molecule has 2 N–H and O–H groups in total. The number of hydrogen-bond acceptors (Lipinski definition) is 3. The number of ether oxygens (including phenoxy) is 2. The van der Waals surface area contributed by atoms with Crippen LogP contribution in [0, 0.1) is 0 Å². The number of halogens is 2. The maximum atomic E-state index is 12.1. The zero-order valence-corrected chi connectivity index (χ0v) is 14.4. The first kappa shape index (κ1) is 16.0. The molecule has 120 valence electrons. The number of benzene rings is 2. The van der Waals surface area contributed by atoms with Crippen molar-refractivity contribution >= 4 is 39.2 Å². The fraction of sp³-hybridized carbons (Fsp3) is 0.188. The van der Waals surface area contributed by atoms with Gasteiger partial charge in [-0.3, -0.25) is 0 Å². The van der Waals surface area contributed by atoms with Gasteiger partial charge in [0.2, 0.25) is 0 Å². The van der Waals surface area contributed by atoms with E-state index in [9.17, 15) is 4.79 Å². The van der Waals surface area contributed by atoms with Gasteiger partial charge in [0.15, 0.2) is 11.5 Å². The van der Waals surface area contributed by atoms with Gasteiger partial charge in [0.25, 0.3) is 0 Å². The molecule has 1 heterocycles. The zero-order valence-electron chi connectivity index (χ0n) is 12.1. The van der Waals surface area contributed by atoms with Crippen molar-refractivity contribution in [2.24, 2.45) is 0 Å². The first-order valence-corrected chi connectivity index (χ1v) is 8.18. The van der Waals surface area contributed by atoms with Gasteiger partial charge in [-0.1, -0.05) is 29.8 Å². The van der Waals surface area contributed by atoms with Crippen molar-refractivity contribution in [3.05, 3.63) is 51.5 Å². The van der Waals surface area contributed by atoms with Crippen LogP contribution in [0.25, 0.3) is 0 Å². The van der Waals surface area contributed by atoms with Gasteiger partial charge in [0.05, 0.1) is 5.69 Å². The number of hydrogen-bond donors (Lipinski definition) is 2. The van der Waals surface area contributed by atoms with Crippen molar-refractivity contribution < 1.29 is 14.3 Å². The van der Waals surface area contributed by atoms with Crippen LogP contribution in [0.1, 0.15) is 5.56 Å². The van der Waals surface area contributed by atoms with Crippen LogP contribution in [0.2, 0.25) is 5.02 Å². The van der Waals surface area contributed by atoms with Gasteiger partial charge in [-0.25, -0.2) is 4.79 Å². The van der Waals surface area contributed by atoms with E-state index in [0.717, 1.165) is 10.0 Å². The SMILES string of the molecule is O=C(NCc1ccccc1Cl)Nc1cc2c(cc1Br)OCCO2. The molecule has 1 aliphatic heterocycles. The smallest absolute Gasteiger partial charge is 0.319 e. The van der Waals surface area contributed by atoms with Crippen molar-refractivity contribution in [1.29, 1.82) is 0 Å². The van der Waals surface area contributed by atoms with E-state index in [2.05, 4.69) is 26.6 Å². The molecule has 0 radical (unpaired) electrons. The van der Waals surface area contributed by atoms with Crippen molar-refractivity contribution in [1.82, 2.24) is 5.32 Å². The van der Waals surface area contributed by atoms with Crippen LogP contribution < -0.4 is 20.1 Å². The van der Waals surface area contributed by atoms with Crippen LogP contribution in [0.3, 0.4) is 0 Å². The standard InChI is InChI=1S/C16H14BrClN2O3/c17-11-7-14-15(23-6-5-22-14)8-13(11)20-16(21)19-9-10-3-1-2-4-12(10)18/h1-4,7-8H,5-6,9H2,(H2,19,20,21). The molecule has 0 unspecified atom stereocenters. The number of rotatable bonds is 3. The molecule has 2 aromatic carbocycles. The zero-order chi connectivity index (χ0) is 16.2. The predicted molar refractivity (Wildman–Crippen MR) is 92.4 cm³/mol. The first-order valence-electron chi connectivity index (χ1n) is 7.01. The van der Waals surface area contributed by atoms with Gasteiger partial charge in [-0.15, -0.1) is 0 Å². The van der Waals surface area contributed by atoms with E-state index in [4.69, 9.17) is 21.1 Å². The quantitative estimate of drug-likeness (QED) is 0.816. The Labute approximate surface area is 147 Å². The number of urea groups is 1. The lowest BCUT2D eigenvalue weighted by Gasteiger charge is -2.20. The Morgan fingerprint density at radius 3 is 2.61 bits per heavy atom. The van der Waals surface area contributed by atoms with E-state index in [-0.39, 0.29) is 6.03 Å². The van der Waals surface area contributed by atoms with E-state index in [0.29, 0.717) is 42.0 Å². The second-order valence-corrected chi connectivity index (χ2v) is 6.14. The number of carbonyl (C=O) groups is 1. The molecule has 0 saturated heterocycles. The van der Waals surface area contributed by atoms with Gasteiger partial charge < -0.3 is 20.1 Å². The van der Waals surface area contributed by atoms with Gasteiger partial charge >= 0.3 is 6.03 Å². The Bertz CT molecular complexity index is 739. The van der Waals surface area contributed by atoms with E-state index >= 15 is 0 Å². The van der Waals surface area contributed by atoms with E-state index < -0.39 is 0 Å². The minimum Gasteiger partial charge on any atom is -0.486 e. The van der Waals surface area contributed by atoms with Crippen LogP contribution in [0.5, 0.6) is 11.5 Å². The highest BCUT2D eigenvalue weighted by atomic mass is 79.9. The third-order valence-electron chi connectivity index (χ3n) is 3.28. The summed E-state index contributed by atoms with van der Waals surface area (Å²) < 4.78 is 11.7. The molecule has 5 nitrogen and oxygen atoms in total. The molecule has 0 aromatic heterocycles. The predicted octanol–water partition coefficient (Wildman–Crippen LogP) is 4.20. The van der Waals surface area contributed by atoms with Gasteiger partial charge in [-0.2, -0.15) is 0 Å². The van der Waals surface area contributed by atoms with Crippen LogP contribution in [-0.4, -0.2) is 19.2 Å².